The molecule has 0 bridgehead atoms. The van der Waals surface area contributed by atoms with Gasteiger partial charge in [-0.3, -0.25) is 14.6 Å². The number of carbonyl (C=O) groups is 1. The van der Waals surface area contributed by atoms with E-state index in [1.54, 1.807) is 37.4 Å². The van der Waals surface area contributed by atoms with Crippen molar-refractivity contribution in [3.63, 3.8) is 0 Å². The molecule has 0 spiro atoms. The molecule has 0 saturated heterocycles. The predicted molar refractivity (Wildman–Crippen MR) is 122 cm³/mol. The van der Waals surface area contributed by atoms with Crippen LogP contribution in [-0.2, 0) is 11.2 Å². The molecule has 0 fully saturated rings. The predicted octanol–water partition coefficient (Wildman–Crippen LogP) is 3.27. The van der Waals surface area contributed by atoms with Gasteiger partial charge in [0.25, 0.3) is 11.5 Å². The number of nitrogens with zero attached hydrogens (tertiary/aromatic N) is 3. The Bertz CT molecular complexity index is 1280. The van der Waals surface area contributed by atoms with Crippen molar-refractivity contribution < 1.29 is 14.3 Å². The number of hydrogen-bond donors (Lipinski definition) is 2. The second-order valence-corrected chi connectivity index (χ2v) is 7.68. The van der Waals surface area contributed by atoms with Crippen molar-refractivity contribution in [2.45, 2.75) is 13.3 Å². The van der Waals surface area contributed by atoms with Gasteiger partial charge in [-0.15, -0.1) is 11.3 Å². The number of aromatic amines is 1. The van der Waals surface area contributed by atoms with Crippen LogP contribution in [0.1, 0.15) is 12.6 Å². The summed E-state index contributed by atoms with van der Waals surface area (Å²) in [4.78, 5) is 32.7. The van der Waals surface area contributed by atoms with Crippen LogP contribution in [0.2, 0.25) is 0 Å². The second-order valence-electron chi connectivity index (χ2n) is 6.73. The third kappa shape index (κ3) is 4.86. The maximum absolute atomic E-state index is 12.6. The van der Waals surface area contributed by atoms with Gasteiger partial charge < -0.3 is 14.8 Å². The number of anilines is 1. The normalized spacial score (nSPS) is 10.7. The number of methoxy groups -OCH3 is 1. The Morgan fingerprint density at radius 1 is 1.19 bits per heavy atom. The molecule has 0 radical (unpaired) electrons. The molecule has 32 heavy (non-hydrogen) atoms. The molecule has 1 amide bonds. The van der Waals surface area contributed by atoms with Crippen LogP contribution >= 0.6 is 11.3 Å². The molecule has 2 N–H and O–H groups in total. The van der Waals surface area contributed by atoms with E-state index in [0.717, 1.165) is 4.88 Å². The number of thiophene rings is 1. The summed E-state index contributed by atoms with van der Waals surface area (Å²) in [5.74, 6) is 1.34. The molecule has 164 valence electrons. The number of carbonyl (C=O) groups excluding carboxylic acids is 1. The van der Waals surface area contributed by atoms with Crippen molar-refractivity contribution in [3.05, 3.63) is 70.0 Å². The van der Waals surface area contributed by atoms with Crippen molar-refractivity contribution in [1.29, 1.82) is 0 Å². The first-order valence-electron chi connectivity index (χ1n) is 9.87. The van der Waals surface area contributed by atoms with Crippen molar-refractivity contribution in [1.82, 2.24) is 19.7 Å². The van der Waals surface area contributed by atoms with Crippen LogP contribution in [0.15, 0.2) is 58.7 Å². The van der Waals surface area contributed by atoms with Gasteiger partial charge in [0.05, 0.1) is 12.0 Å². The van der Waals surface area contributed by atoms with Gasteiger partial charge in [-0.1, -0.05) is 19.1 Å². The number of amides is 1. The highest BCUT2D eigenvalue weighted by atomic mass is 32.1. The van der Waals surface area contributed by atoms with E-state index in [2.05, 4.69) is 20.4 Å². The first kappa shape index (κ1) is 21.3. The molecule has 0 saturated carbocycles. The largest absolute Gasteiger partial charge is 0.497 e. The van der Waals surface area contributed by atoms with Crippen LogP contribution in [0, 0.1) is 0 Å². The molecule has 1 aromatic carbocycles. The smallest absolute Gasteiger partial charge is 0.263 e. The van der Waals surface area contributed by atoms with Crippen molar-refractivity contribution in [2.24, 2.45) is 0 Å². The van der Waals surface area contributed by atoms with Gasteiger partial charge in [0, 0.05) is 23.9 Å². The summed E-state index contributed by atoms with van der Waals surface area (Å²) in [6.07, 6.45) is 0.589. The molecule has 0 aliphatic rings. The third-order valence-corrected chi connectivity index (χ3v) is 5.40. The molecule has 9 nitrogen and oxygen atoms in total. The summed E-state index contributed by atoms with van der Waals surface area (Å²) >= 11 is 1.52. The highest BCUT2D eigenvalue weighted by molar-refractivity contribution is 7.13. The van der Waals surface area contributed by atoms with E-state index >= 15 is 0 Å². The number of ether oxygens (including phenoxy) is 2. The van der Waals surface area contributed by atoms with Crippen LogP contribution in [-0.4, -0.2) is 39.4 Å². The number of hydrogen-bond acceptors (Lipinski definition) is 7. The highest BCUT2D eigenvalue weighted by Crippen LogP contribution is 2.27. The number of nitrogens with one attached hydrogen (secondary N) is 2. The van der Waals surface area contributed by atoms with E-state index in [1.807, 2.05) is 24.4 Å². The first-order valence-corrected chi connectivity index (χ1v) is 10.7. The summed E-state index contributed by atoms with van der Waals surface area (Å²) in [5, 5.41) is 9.29. The van der Waals surface area contributed by atoms with Crippen LogP contribution in [0.4, 0.5) is 5.82 Å². The zero-order valence-electron chi connectivity index (χ0n) is 17.5. The standard InChI is InChI=1S/C22H21N5O4S/c1-3-14-10-20(28)25-22(23-14)27-19(12-17(26-27)18-8-5-9-32-18)24-21(29)13-31-16-7-4-6-15(11-16)30-2/h4-12H,3,13H2,1-2H3,(H,24,29)(H,23,25,28). The summed E-state index contributed by atoms with van der Waals surface area (Å²) in [5.41, 5.74) is 0.975. The average Bonchev–Trinajstić information content (AvgIpc) is 3.47. The molecule has 3 aromatic heterocycles. The van der Waals surface area contributed by atoms with E-state index in [9.17, 15) is 9.59 Å². The van der Waals surface area contributed by atoms with Crippen LogP contribution in [0.5, 0.6) is 11.5 Å². The molecular formula is C22H21N5O4S. The topological polar surface area (TPSA) is 111 Å². The van der Waals surface area contributed by atoms with E-state index in [1.165, 1.54) is 22.1 Å². The fourth-order valence-corrected chi connectivity index (χ4v) is 3.65. The minimum atomic E-state index is -0.388. The quantitative estimate of drug-likeness (QED) is 0.425. The number of rotatable bonds is 8. The molecule has 4 rings (SSSR count). The van der Waals surface area contributed by atoms with Crippen molar-refractivity contribution in [2.75, 3.05) is 19.0 Å². The van der Waals surface area contributed by atoms with Crippen molar-refractivity contribution >= 4 is 23.1 Å². The lowest BCUT2D eigenvalue weighted by molar-refractivity contribution is -0.118. The summed E-state index contributed by atoms with van der Waals surface area (Å²) in [6.45, 7) is 1.69. The number of aromatic nitrogens is 4. The summed E-state index contributed by atoms with van der Waals surface area (Å²) < 4.78 is 12.1. The number of H-pyrrole nitrogens is 1. The minimum Gasteiger partial charge on any atom is -0.497 e. The Balaban J connectivity index is 1.60. The number of aryl methyl sites for hydroxylation is 1. The van der Waals surface area contributed by atoms with Crippen LogP contribution in [0.3, 0.4) is 0 Å². The molecule has 4 aromatic rings. The molecule has 3 heterocycles. The molecule has 0 aliphatic carbocycles. The fourth-order valence-electron chi connectivity index (χ4n) is 2.97. The summed E-state index contributed by atoms with van der Waals surface area (Å²) in [6, 6.07) is 14.0. The van der Waals surface area contributed by atoms with Gasteiger partial charge in [0.2, 0.25) is 5.95 Å². The number of benzene rings is 1. The minimum absolute atomic E-state index is 0.217. The lowest BCUT2D eigenvalue weighted by atomic mass is 10.3. The highest BCUT2D eigenvalue weighted by Gasteiger charge is 2.17. The van der Waals surface area contributed by atoms with E-state index in [0.29, 0.717) is 35.1 Å². The van der Waals surface area contributed by atoms with Gasteiger partial charge >= 0.3 is 0 Å². The Morgan fingerprint density at radius 2 is 2.03 bits per heavy atom. The zero-order valence-corrected chi connectivity index (χ0v) is 18.3. The monoisotopic (exact) mass is 451 g/mol. The van der Waals surface area contributed by atoms with Crippen molar-refractivity contribution in [3.8, 4) is 28.0 Å². The van der Waals surface area contributed by atoms with Crippen LogP contribution in [0.25, 0.3) is 16.5 Å². The first-order chi connectivity index (χ1) is 15.6. The van der Waals surface area contributed by atoms with E-state index in [-0.39, 0.29) is 24.0 Å². The van der Waals surface area contributed by atoms with E-state index < -0.39 is 0 Å². The third-order valence-electron chi connectivity index (χ3n) is 4.51. The molecular weight excluding hydrogens is 430 g/mol. The van der Waals surface area contributed by atoms with Gasteiger partial charge in [0.1, 0.15) is 23.0 Å². The fraction of sp³-hybridized carbons (Fsp3) is 0.182. The van der Waals surface area contributed by atoms with Gasteiger partial charge in [-0.25, -0.2) is 4.98 Å². The second kappa shape index (κ2) is 9.48. The Hall–Kier alpha value is -3.92. The molecule has 0 aliphatic heterocycles. The maximum Gasteiger partial charge on any atom is 0.263 e. The van der Waals surface area contributed by atoms with Gasteiger partial charge in [-0.2, -0.15) is 9.78 Å². The molecule has 0 unspecified atom stereocenters. The Kier molecular flexibility index (Phi) is 6.31. The zero-order chi connectivity index (χ0) is 22.5. The Labute approximate surface area is 187 Å². The Morgan fingerprint density at radius 3 is 2.78 bits per heavy atom. The van der Waals surface area contributed by atoms with E-state index in [4.69, 9.17) is 9.47 Å². The lowest BCUT2D eigenvalue weighted by Gasteiger charge is -2.10. The van der Waals surface area contributed by atoms with Gasteiger partial charge in [-0.05, 0) is 30.0 Å². The molecule has 10 heteroatoms. The molecule has 0 atom stereocenters. The SMILES string of the molecule is CCc1cc(=O)[nH]c(-n2nc(-c3cccs3)cc2NC(=O)COc2cccc(OC)c2)n1. The van der Waals surface area contributed by atoms with Crippen LogP contribution < -0.4 is 20.3 Å². The maximum atomic E-state index is 12.6. The lowest BCUT2D eigenvalue weighted by Crippen LogP contribution is -2.23. The summed E-state index contributed by atoms with van der Waals surface area (Å²) in [7, 11) is 1.56. The average molecular weight is 452 g/mol. The van der Waals surface area contributed by atoms with Gasteiger partial charge in [0.15, 0.2) is 6.61 Å².